The van der Waals surface area contributed by atoms with Crippen molar-refractivity contribution in [2.75, 3.05) is 13.2 Å². The summed E-state index contributed by atoms with van der Waals surface area (Å²) in [5.41, 5.74) is 0.218. The molecule has 5 aliphatic carbocycles. The molecule has 2 heterocycles. The highest BCUT2D eigenvalue weighted by molar-refractivity contribution is 5.66. The van der Waals surface area contributed by atoms with Crippen molar-refractivity contribution in [1.29, 1.82) is 0 Å². The van der Waals surface area contributed by atoms with Crippen LogP contribution in [0, 0.1) is 56.7 Å². The fourth-order valence-electron chi connectivity index (χ4n) is 13.6. The molecular formula is C38H60O10. The van der Waals surface area contributed by atoms with Crippen molar-refractivity contribution < 1.29 is 49.3 Å². The average molecular weight is 677 g/mol. The third kappa shape index (κ3) is 4.55. The number of aliphatic hydroxyl groups excluding tert-OH is 5. The molecule has 0 spiro atoms. The first-order valence-electron chi connectivity index (χ1n) is 18.5. The quantitative estimate of drug-likeness (QED) is 0.166. The van der Waals surface area contributed by atoms with E-state index in [1.807, 2.05) is 0 Å². The number of hydrogen-bond acceptors (Lipinski definition) is 10. The largest absolute Gasteiger partial charge is 0.460 e. The van der Waals surface area contributed by atoms with Gasteiger partial charge in [0.2, 0.25) is 0 Å². The molecule has 2 aliphatic heterocycles. The lowest BCUT2D eigenvalue weighted by Gasteiger charge is -2.70. The normalized spacial score (nSPS) is 55.3. The fraction of sp³-hybridized carbons (Fsp3) is 0.921. The molecule has 0 aromatic rings. The van der Waals surface area contributed by atoms with Crippen LogP contribution in [-0.4, -0.2) is 99.8 Å². The Hall–Kier alpha value is -1.11. The topological polar surface area (TPSA) is 155 Å². The molecule has 0 amide bonds. The van der Waals surface area contributed by atoms with Gasteiger partial charge in [0.25, 0.3) is 0 Å². The standard InChI is InChI=1S/C38H60O10/c1-18(2)21-13-23-31-37(8)10-9-20-27(36(37,7)11-12-38(21,31)17-45-23)22(41)14-26-34(4,5)32(24(46-19(3)40)15-35(20,26)6)48-33-30(44)29(43)28(42)25(16-39)47-33/h9,18,21-33,39,41-44H,10-17H2,1-8H3/t21-,22-,23+,24+,25+,26-,27-,28+,29-,30+,31+,32-,33-,35+,36-,37+,38-/m0/s1. The fourth-order valence-corrected chi connectivity index (χ4v) is 13.6. The summed E-state index contributed by atoms with van der Waals surface area (Å²) < 4.78 is 24.9. The van der Waals surface area contributed by atoms with Gasteiger partial charge in [0.05, 0.1) is 25.4 Å². The third-order valence-corrected chi connectivity index (χ3v) is 15.8. The molecule has 17 atom stereocenters. The molecule has 272 valence electrons. The van der Waals surface area contributed by atoms with Gasteiger partial charge in [-0.05, 0) is 83.9 Å². The monoisotopic (exact) mass is 676 g/mol. The summed E-state index contributed by atoms with van der Waals surface area (Å²) >= 11 is 0. The first-order chi connectivity index (χ1) is 22.4. The van der Waals surface area contributed by atoms with Gasteiger partial charge in [-0.1, -0.05) is 60.1 Å². The van der Waals surface area contributed by atoms with E-state index in [0.29, 0.717) is 30.6 Å². The van der Waals surface area contributed by atoms with E-state index in [-0.39, 0.29) is 34.2 Å². The maximum Gasteiger partial charge on any atom is 0.302 e. The first kappa shape index (κ1) is 35.3. The van der Waals surface area contributed by atoms with Crippen LogP contribution in [-0.2, 0) is 23.7 Å². The number of fused-ring (bicyclic) bond motifs is 5. The van der Waals surface area contributed by atoms with Crippen LogP contribution < -0.4 is 0 Å². The average Bonchev–Trinajstić information content (AvgIpc) is 3.56. The van der Waals surface area contributed by atoms with E-state index in [1.54, 1.807) is 0 Å². The van der Waals surface area contributed by atoms with Crippen molar-refractivity contribution in [1.82, 2.24) is 0 Å². The van der Waals surface area contributed by atoms with E-state index < -0.39 is 72.4 Å². The zero-order chi connectivity index (χ0) is 34.9. The lowest BCUT2D eigenvalue weighted by molar-refractivity contribution is -0.337. The molecule has 5 N–H and O–H groups in total. The zero-order valence-corrected chi connectivity index (χ0v) is 30.1. The molecular weight excluding hydrogens is 616 g/mol. The Morgan fingerprint density at radius 3 is 2.35 bits per heavy atom. The lowest BCUT2D eigenvalue weighted by atomic mass is 9.35. The number of ether oxygens (including phenoxy) is 4. The molecule has 0 aromatic heterocycles. The number of allylic oxidation sites excluding steroid dienone is 1. The number of esters is 1. The van der Waals surface area contributed by atoms with Gasteiger partial charge in [0.15, 0.2) is 6.29 Å². The predicted octanol–water partition coefficient (Wildman–Crippen LogP) is 3.35. The molecule has 2 saturated heterocycles. The van der Waals surface area contributed by atoms with Crippen LogP contribution in [0.4, 0.5) is 0 Å². The second-order valence-electron chi connectivity index (χ2n) is 18.5. The molecule has 0 radical (unpaired) electrons. The number of carbonyl (C=O) groups excluding carboxylic acids is 1. The Kier molecular flexibility index (Phi) is 8.42. The minimum atomic E-state index is -1.59. The Balaban J connectivity index is 1.25. The highest BCUT2D eigenvalue weighted by atomic mass is 16.7. The Morgan fingerprint density at radius 2 is 1.71 bits per heavy atom. The molecule has 0 aromatic carbocycles. The molecule has 4 saturated carbocycles. The minimum Gasteiger partial charge on any atom is -0.460 e. The van der Waals surface area contributed by atoms with Gasteiger partial charge in [-0.25, -0.2) is 0 Å². The highest BCUT2D eigenvalue weighted by Gasteiger charge is 2.75. The number of aliphatic hydroxyl groups is 5. The van der Waals surface area contributed by atoms with E-state index in [0.717, 1.165) is 32.3 Å². The predicted molar refractivity (Wildman–Crippen MR) is 175 cm³/mol. The number of carbonyl (C=O) groups is 1. The van der Waals surface area contributed by atoms with Gasteiger partial charge in [0.1, 0.15) is 36.6 Å². The van der Waals surface area contributed by atoms with E-state index in [2.05, 4.69) is 54.5 Å². The molecule has 10 nitrogen and oxygen atoms in total. The Bertz CT molecular complexity index is 1310. The summed E-state index contributed by atoms with van der Waals surface area (Å²) in [6.07, 6.45) is -1.26. The van der Waals surface area contributed by atoms with Crippen molar-refractivity contribution in [2.24, 2.45) is 56.7 Å². The van der Waals surface area contributed by atoms with Crippen LogP contribution in [0.5, 0.6) is 0 Å². The summed E-state index contributed by atoms with van der Waals surface area (Å²) in [5, 5.41) is 53.9. The van der Waals surface area contributed by atoms with Crippen LogP contribution in [0.3, 0.4) is 0 Å². The SMILES string of the molecule is CC(=O)O[C@@H]1C[C@]2(C)C3=CC[C@]4(C)[C@H]5[C@H]6C[C@@H](C(C)C)[C@]5(CC[C@@]4(C)[C@@H]3[C@@H](O)C[C@H]2C(C)(C)[C@H]1O[C@@H]1O[C@H](CO)[C@@H](O)[C@H](O)[C@H]1O)CO6. The second kappa shape index (κ2) is 11.4. The maximum absolute atomic E-state index is 12.6. The minimum absolute atomic E-state index is 0.0252. The summed E-state index contributed by atoms with van der Waals surface area (Å²) in [6.45, 7) is 17.7. The van der Waals surface area contributed by atoms with Gasteiger partial charge >= 0.3 is 5.97 Å². The number of hydrogen-bond donors (Lipinski definition) is 5. The number of rotatable bonds is 5. The van der Waals surface area contributed by atoms with Crippen molar-refractivity contribution in [3.8, 4) is 0 Å². The smallest absolute Gasteiger partial charge is 0.302 e. The Labute approximate surface area is 285 Å². The van der Waals surface area contributed by atoms with Crippen molar-refractivity contribution in [3.05, 3.63) is 11.6 Å². The molecule has 6 fully saturated rings. The molecule has 10 heteroatoms. The van der Waals surface area contributed by atoms with Crippen LogP contribution in [0.1, 0.15) is 93.9 Å². The lowest BCUT2D eigenvalue weighted by Crippen LogP contribution is -2.68. The summed E-state index contributed by atoms with van der Waals surface area (Å²) in [7, 11) is 0. The van der Waals surface area contributed by atoms with Gasteiger partial charge in [0, 0.05) is 18.3 Å². The van der Waals surface area contributed by atoms with E-state index in [4.69, 9.17) is 18.9 Å². The van der Waals surface area contributed by atoms with Crippen molar-refractivity contribution in [3.63, 3.8) is 0 Å². The second-order valence-corrected chi connectivity index (χ2v) is 18.5. The van der Waals surface area contributed by atoms with E-state index in [9.17, 15) is 30.3 Å². The molecule has 0 unspecified atom stereocenters. The molecule has 7 rings (SSSR count). The van der Waals surface area contributed by atoms with Crippen LogP contribution in [0.25, 0.3) is 0 Å². The van der Waals surface area contributed by atoms with Crippen LogP contribution in [0.2, 0.25) is 0 Å². The highest BCUT2D eigenvalue weighted by Crippen LogP contribution is 2.78. The molecule has 7 aliphatic rings. The molecule has 2 bridgehead atoms. The van der Waals surface area contributed by atoms with Crippen molar-refractivity contribution in [2.45, 2.75) is 149 Å². The maximum atomic E-state index is 12.6. The van der Waals surface area contributed by atoms with E-state index >= 15 is 0 Å². The van der Waals surface area contributed by atoms with E-state index in [1.165, 1.54) is 12.5 Å². The van der Waals surface area contributed by atoms with Gasteiger partial charge in [-0.15, -0.1) is 0 Å². The first-order valence-corrected chi connectivity index (χ1v) is 18.5. The van der Waals surface area contributed by atoms with Gasteiger partial charge < -0.3 is 44.5 Å². The van der Waals surface area contributed by atoms with Crippen LogP contribution in [0.15, 0.2) is 11.6 Å². The summed E-state index contributed by atoms with van der Waals surface area (Å²) in [5.74, 6) is 1.19. The summed E-state index contributed by atoms with van der Waals surface area (Å²) in [4.78, 5) is 12.6. The van der Waals surface area contributed by atoms with Crippen LogP contribution >= 0.6 is 0 Å². The van der Waals surface area contributed by atoms with Gasteiger partial charge in [-0.2, -0.15) is 0 Å². The summed E-state index contributed by atoms with van der Waals surface area (Å²) in [6, 6.07) is 0. The Morgan fingerprint density at radius 1 is 1.00 bits per heavy atom. The molecule has 48 heavy (non-hydrogen) atoms. The zero-order valence-electron chi connectivity index (χ0n) is 30.1. The third-order valence-electron chi connectivity index (χ3n) is 15.8. The van der Waals surface area contributed by atoms with Crippen molar-refractivity contribution >= 4 is 5.97 Å². The van der Waals surface area contributed by atoms with Gasteiger partial charge in [-0.3, -0.25) is 4.79 Å².